The van der Waals surface area contributed by atoms with Gasteiger partial charge in [-0.1, -0.05) is 0 Å². The van der Waals surface area contributed by atoms with Gasteiger partial charge in [0.25, 0.3) is 5.91 Å². The van der Waals surface area contributed by atoms with Gasteiger partial charge in [-0.05, 0) is 0 Å². The Morgan fingerprint density at radius 3 is 2.65 bits per heavy atom. The standard InChI is InChI=1S/C11H16N4O5/c1-20-4-7(16)12-3-2-8(17)15-5-11(6-15)9(18)13-10(19)14-11/h2-6H2,1H3,(H,12,16)(H2,13,14,18,19). The molecule has 20 heavy (non-hydrogen) atoms. The highest BCUT2D eigenvalue weighted by Gasteiger charge is 2.55. The molecule has 0 aromatic carbocycles. The zero-order chi connectivity index (χ0) is 14.8. The van der Waals surface area contributed by atoms with Crippen LogP contribution >= 0.6 is 0 Å². The second-order valence-electron chi connectivity index (χ2n) is 4.77. The zero-order valence-electron chi connectivity index (χ0n) is 11.0. The van der Waals surface area contributed by atoms with Crippen molar-refractivity contribution in [3.63, 3.8) is 0 Å². The minimum atomic E-state index is -0.966. The predicted molar refractivity (Wildman–Crippen MR) is 65.5 cm³/mol. The van der Waals surface area contributed by atoms with Crippen LogP contribution in [0, 0.1) is 0 Å². The van der Waals surface area contributed by atoms with Crippen molar-refractivity contribution in [2.45, 2.75) is 12.0 Å². The Labute approximate surface area is 115 Å². The molecular weight excluding hydrogens is 268 g/mol. The number of methoxy groups -OCH3 is 1. The van der Waals surface area contributed by atoms with Crippen molar-refractivity contribution in [1.29, 1.82) is 0 Å². The van der Waals surface area contributed by atoms with Crippen molar-refractivity contribution in [1.82, 2.24) is 20.9 Å². The first-order chi connectivity index (χ1) is 9.47. The van der Waals surface area contributed by atoms with E-state index in [0.29, 0.717) is 0 Å². The Morgan fingerprint density at radius 2 is 2.10 bits per heavy atom. The fraction of sp³-hybridized carbons (Fsp3) is 0.636. The molecule has 3 N–H and O–H groups in total. The molecule has 1 spiro atoms. The molecule has 110 valence electrons. The average molecular weight is 284 g/mol. The monoisotopic (exact) mass is 284 g/mol. The number of nitrogens with one attached hydrogen (secondary N) is 3. The van der Waals surface area contributed by atoms with Crippen molar-refractivity contribution < 1.29 is 23.9 Å². The van der Waals surface area contributed by atoms with Gasteiger partial charge in [0.05, 0.1) is 13.1 Å². The number of likely N-dealkylation sites (tertiary alicyclic amines) is 1. The number of ether oxygens (including phenoxy) is 1. The lowest BCUT2D eigenvalue weighted by Gasteiger charge is -2.45. The van der Waals surface area contributed by atoms with E-state index in [1.807, 2.05) is 0 Å². The highest BCUT2D eigenvalue weighted by Crippen LogP contribution is 2.24. The predicted octanol–water partition coefficient (Wildman–Crippen LogP) is -2.44. The van der Waals surface area contributed by atoms with Crippen LogP contribution in [0.3, 0.4) is 0 Å². The van der Waals surface area contributed by atoms with E-state index in [0.717, 1.165) is 0 Å². The summed E-state index contributed by atoms with van der Waals surface area (Å²) >= 11 is 0. The van der Waals surface area contributed by atoms with E-state index in [4.69, 9.17) is 0 Å². The Hall–Kier alpha value is -2.16. The number of carbonyl (C=O) groups excluding carboxylic acids is 4. The van der Waals surface area contributed by atoms with E-state index in [-0.39, 0.29) is 44.5 Å². The maximum absolute atomic E-state index is 11.8. The van der Waals surface area contributed by atoms with E-state index in [2.05, 4.69) is 20.7 Å². The first-order valence-corrected chi connectivity index (χ1v) is 6.14. The van der Waals surface area contributed by atoms with Crippen LogP contribution in [-0.4, -0.2) is 67.5 Å². The molecule has 0 atom stereocenters. The fourth-order valence-electron chi connectivity index (χ4n) is 2.18. The Balaban J connectivity index is 1.70. The van der Waals surface area contributed by atoms with Gasteiger partial charge in [0.15, 0.2) is 5.54 Å². The average Bonchev–Trinajstić information content (AvgIpc) is 2.62. The number of rotatable bonds is 5. The molecule has 0 bridgehead atoms. The summed E-state index contributed by atoms with van der Waals surface area (Å²) in [4.78, 5) is 46.9. The van der Waals surface area contributed by atoms with Crippen LogP contribution in [0.15, 0.2) is 0 Å². The normalized spacial score (nSPS) is 19.4. The summed E-state index contributed by atoms with van der Waals surface area (Å²) in [6, 6.07) is -0.533. The second-order valence-corrected chi connectivity index (χ2v) is 4.77. The molecule has 2 aliphatic heterocycles. The largest absolute Gasteiger partial charge is 0.375 e. The number of hydrogen-bond acceptors (Lipinski definition) is 5. The summed E-state index contributed by atoms with van der Waals surface area (Å²) in [5.74, 6) is -0.870. The first kappa shape index (κ1) is 14.3. The molecule has 0 aromatic rings. The van der Waals surface area contributed by atoms with Gasteiger partial charge in [-0.25, -0.2) is 4.79 Å². The maximum Gasteiger partial charge on any atom is 0.322 e. The molecule has 0 aliphatic carbocycles. The van der Waals surface area contributed by atoms with E-state index in [1.165, 1.54) is 12.0 Å². The number of imide groups is 1. The van der Waals surface area contributed by atoms with Gasteiger partial charge in [-0.3, -0.25) is 19.7 Å². The Bertz CT molecular complexity index is 458. The molecule has 2 aliphatic rings. The molecule has 2 rings (SSSR count). The number of carbonyl (C=O) groups is 4. The SMILES string of the molecule is COCC(=O)NCCC(=O)N1CC2(C1)NC(=O)NC2=O. The van der Waals surface area contributed by atoms with Crippen LogP contribution in [0.2, 0.25) is 0 Å². The lowest BCUT2D eigenvalue weighted by molar-refractivity contribution is -0.144. The zero-order valence-corrected chi connectivity index (χ0v) is 11.0. The van der Waals surface area contributed by atoms with E-state index in [9.17, 15) is 19.2 Å². The van der Waals surface area contributed by atoms with Crippen LogP contribution in [0.5, 0.6) is 0 Å². The first-order valence-electron chi connectivity index (χ1n) is 6.14. The Kier molecular flexibility index (Phi) is 3.89. The molecular formula is C11H16N4O5. The van der Waals surface area contributed by atoms with Crippen LogP contribution in [0.1, 0.15) is 6.42 Å². The highest BCUT2D eigenvalue weighted by atomic mass is 16.5. The highest BCUT2D eigenvalue weighted by molar-refractivity contribution is 6.08. The van der Waals surface area contributed by atoms with Crippen molar-refractivity contribution in [2.24, 2.45) is 0 Å². The summed E-state index contributed by atoms with van der Waals surface area (Å²) in [6.07, 6.45) is 0.140. The number of hydrogen-bond donors (Lipinski definition) is 3. The summed E-state index contributed by atoms with van der Waals surface area (Å²) in [5.41, 5.74) is -0.966. The van der Waals surface area contributed by atoms with Gasteiger partial charge < -0.3 is 20.3 Å². The van der Waals surface area contributed by atoms with Gasteiger partial charge in [0.2, 0.25) is 11.8 Å². The molecule has 0 aromatic heterocycles. The van der Waals surface area contributed by atoms with Crippen LogP contribution in [-0.2, 0) is 19.1 Å². The molecule has 5 amide bonds. The molecule has 0 unspecified atom stereocenters. The maximum atomic E-state index is 11.8. The van der Waals surface area contributed by atoms with Gasteiger partial charge in [-0.15, -0.1) is 0 Å². The van der Waals surface area contributed by atoms with Gasteiger partial charge in [0, 0.05) is 20.1 Å². The lowest BCUT2D eigenvalue weighted by Crippen LogP contribution is -2.71. The third kappa shape index (κ3) is 2.72. The molecule has 0 radical (unpaired) electrons. The van der Waals surface area contributed by atoms with Crippen LogP contribution in [0.25, 0.3) is 0 Å². The van der Waals surface area contributed by atoms with E-state index in [1.54, 1.807) is 0 Å². The Morgan fingerprint density at radius 1 is 1.40 bits per heavy atom. The second kappa shape index (κ2) is 5.45. The smallest absolute Gasteiger partial charge is 0.322 e. The molecule has 2 saturated heterocycles. The fourth-order valence-corrected chi connectivity index (χ4v) is 2.18. The summed E-state index contributed by atoms with van der Waals surface area (Å²) in [7, 11) is 1.41. The molecule has 0 saturated carbocycles. The number of urea groups is 1. The van der Waals surface area contributed by atoms with Crippen LogP contribution in [0.4, 0.5) is 4.79 Å². The number of nitrogens with zero attached hydrogens (tertiary/aromatic N) is 1. The van der Waals surface area contributed by atoms with Crippen molar-refractivity contribution in [3.8, 4) is 0 Å². The van der Waals surface area contributed by atoms with E-state index >= 15 is 0 Å². The summed E-state index contributed by atoms with van der Waals surface area (Å²) in [6.45, 7) is 0.487. The van der Waals surface area contributed by atoms with Gasteiger partial charge in [0.1, 0.15) is 6.61 Å². The van der Waals surface area contributed by atoms with Gasteiger partial charge >= 0.3 is 6.03 Å². The molecule has 9 nitrogen and oxygen atoms in total. The minimum absolute atomic E-state index is 0.0484. The van der Waals surface area contributed by atoms with Crippen molar-refractivity contribution >= 4 is 23.8 Å². The van der Waals surface area contributed by atoms with Crippen molar-refractivity contribution in [2.75, 3.05) is 33.4 Å². The lowest BCUT2D eigenvalue weighted by atomic mass is 9.90. The quantitative estimate of drug-likeness (QED) is 0.485. The number of amides is 5. The molecule has 9 heteroatoms. The van der Waals surface area contributed by atoms with Gasteiger partial charge in [-0.2, -0.15) is 0 Å². The minimum Gasteiger partial charge on any atom is -0.375 e. The molecule has 2 heterocycles. The summed E-state index contributed by atoms with van der Waals surface area (Å²) in [5, 5.41) is 7.19. The molecule has 2 fully saturated rings. The third-order valence-corrected chi connectivity index (χ3v) is 3.23. The van der Waals surface area contributed by atoms with Crippen LogP contribution < -0.4 is 16.0 Å². The van der Waals surface area contributed by atoms with E-state index < -0.39 is 17.5 Å². The summed E-state index contributed by atoms with van der Waals surface area (Å²) < 4.78 is 4.63. The third-order valence-electron chi connectivity index (χ3n) is 3.23. The van der Waals surface area contributed by atoms with Crippen molar-refractivity contribution in [3.05, 3.63) is 0 Å². The topological polar surface area (TPSA) is 117 Å².